The van der Waals surface area contributed by atoms with E-state index in [0.29, 0.717) is 27.4 Å². The van der Waals surface area contributed by atoms with Crippen LogP contribution in [0.3, 0.4) is 0 Å². The lowest BCUT2D eigenvalue weighted by molar-refractivity contribution is -0.138. The Morgan fingerprint density at radius 3 is 2.60 bits per heavy atom. The Balaban J connectivity index is 1.56. The van der Waals surface area contributed by atoms with Crippen LogP contribution in [0.4, 0.5) is 5.82 Å². The molecule has 1 saturated heterocycles. The number of hydrogen-bond acceptors (Lipinski definition) is 6. The number of imidazole rings is 1. The number of carbonyl (C=O) groups is 1. The number of rotatable bonds is 6. The first kappa shape index (κ1) is 23.6. The summed E-state index contributed by atoms with van der Waals surface area (Å²) >= 11 is 12.7. The molecule has 2 atom stereocenters. The highest BCUT2D eigenvalue weighted by Crippen LogP contribution is 2.36. The Morgan fingerprint density at radius 2 is 1.91 bits per heavy atom. The predicted molar refractivity (Wildman–Crippen MR) is 133 cm³/mol. The van der Waals surface area contributed by atoms with Crippen molar-refractivity contribution >= 4 is 55.9 Å². The van der Waals surface area contributed by atoms with E-state index in [9.17, 15) is 18.3 Å². The van der Waals surface area contributed by atoms with E-state index in [2.05, 4.69) is 14.7 Å². The number of fused-ring (bicyclic) bond motifs is 1. The number of carboxylic acid groups (broad SMARTS) is 1. The van der Waals surface area contributed by atoms with E-state index >= 15 is 0 Å². The molecule has 12 heteroatoms. The van der Waals surface area contributed by atoms with Gasteiger partial charge in [0, 0.05) is 36.4 Å². The minimum atomic E-state index is -3.83. The molecule has 0 amide bonds. The van der Waals surface area contributed by atoms with Crippen molar-refractivity contribution in [3.63, 3.8) is 0 Å². The van der Waals surface area contributed by atoms with E-state index in [1.807, 2.05) is 0 Å². The van der Waals surface area contributed by atoms with Crippen LogP contribution < -0.4 is 9.62 Å². The molecule has 0 saturated carbocycles. The molecule has 2 N–H and O–H groups in total. The molecule has 1 aliphatic rings. The Kier molecular flexibility index (Phi) is 6.14. The first-order valence-corrected chi connectivity index (χ1v) is 12.8. The van der Waals surface area contributed by atoms with E-state index in [4.69, 9.17) is 23.2 Å². The number of anilines is 1. The van der Waals surface area contributed by atoms with Crippen LogP contribution in [0.5, 0.6) is 0 Å². The first-order chi connectivity index (χ1) is 16.7. The van der Waals surface area contributed by atoms with Gasteiger partial charge in [-0.25, -0.2) is 27.9 Å². The summed E-state index contributed by atoms with van der Waals surface area (Å²) in [6, 6.07) is 11.5. The number of nitrogens with one attached hydrogen (secondary N) is 1. The lowest BCUT2D eigenvalue weighted by Crippen LogP contribution is -2.38. The van der Waals surface area contributed by atoms with Gasteiger partial charge in [0.05, 0.1) is 32.5 Å². The molecule has 0 unspecified atom stereocenters. The van der Waals surface area contributed by atoms with Gasteiger partial charge in [0.25, 0.3) is 0 Å². The predicted octanol–water partition coefficient (Wildman–Crippen LogP) is 3.74. The molecule has 0 spiro atoms. The van der Waals surface area contributed by atoms with Crippen LogP contribution in [0.2, 0.25) is 10.0 Å². The molecular weight excluding hydrogens is 513 g/mol. The fourth-order valence-electron chi connectivity index (χ4n) is 4.26. The highest BCUT2D eigenvalue weighted by atomic mass is 35.5. The summed E-state index contributed by atoms with van der Waals surface area (Å²) in [6.07, 6.45) is 5.03. The maximum absolute atomic E-state index is 12.8. The van der Waals surface area contributed by atoms with Gasteiger partial charge in [-0.3, -0.25) is 0 Å². The van der Waals surface area contributed by atoms with Crippen LogP contribution in [-0.4, -0.2) is 52.7 Å². The number of nitrogens with zero attached hydrogens (tertiary/aromatic N) is 4. The second-order valence-electron chi connectivity index (χ2n) is 8.10. The van der Waals surface area contributed by atoms with Crippen molar-refractivity contribution < 1.29 is 18.3 Å². The quantitative estimate of drug-likeness (QED) is 0.389. The SMILES string of the molecule is O=C(O)[C@@H]1C[C@@H](NS(=O)(=O)c2ccccc2)CN1c1cc(-n2ccnc2)c2ccc(Cl)c(Cl)c2n1. The highest BCUT2D eigenvalue weighted by molar-refractivity contribution is 7.89. The molecule has 180 valence electrons. The summed E-state index contributed by atoms with van der Waals surface area (Å²) in [6.45, 7) is 0.100. The minimum absolute atomic E-state index is 0.0603. The number of benzene rings is 2. The van der Waals surface area contributed by atoms with Crippen molar-refractivity contribution in [3.8, 4) is 5.69 Å². The largest absolute Gasteiger partial charge is 0.480 e. The Morgan fingerprint density at radius 1 is 1.14 bits per heavy atom. The van der Waals surface area contributed by atoms with Gasteiger partial charge >= 0.3 is 5.97 Å². The number of aliphatic carboxylic acids is 1. The number of pyridine rings is 1. The smallest absolute Gasteiger partial charge is 0.326 e. The minimum Gasteiger partial charge on any atom is -0.480 e. The molecule has 4 aromatic rings. The lowest BCUT2D eigenvalue weighted by atomic mass is 10.1. The van der Waals surface area contributed by atoms with Crippen molar-refractivity contribution in [2.45, 2.75) is 23.4 Å². The summed E-state index contributed by atoms with van der Waals surface area (Å²) in [5.74, 6) is -0.756. The van der Waals surface area contributed by atoms with Gasteiger partial charge in [-0.1, -0.05) is 41.4 Å². The zero-order valence-electron chi connectivity index (χ0n) is 18.0. The normalized spacial score (nSPS) is 18.3. The van der Waals surface area contributed by atoms with Crippen LogP contribution in [0, 0.1) is 0 Å². The lowest BCUT2D eigenvalue weighted by Gasteiger charge is -2.24. The summed E-state index contributed by atoms with van der Waals surface area (Å²) < 4.78 is 30.1. The van der Waals surface area contributed by atoms with Crippen molar-refractivity contribution in [2.24, 2.45) is 0 Å². The Hall–Kier alpha value is -3.18. The zero-order valence-corrected chi connectivity index (χ0v) is 20.4. The molecule has 5 rings (SSSR count). The van der Waals surface area contributed by atoms with Gasteiger partial charge < -0.3 is 14.6 Å². The number of carboxylic acids is 1. The third kappa shape index (κ3) is 4.45. The summed E-state index contributed by atoms with van der Waals surface area (Å²) in [4.78, 5) is 22.6. The van der Waals surface area contributed by atoms with Crippen molar-refractivity contribution in [2.75, 3.05) is 11.4 Å². The molecule has 9 nitrogen and oxygen atoms in total. The monoisotopic (exact) mass is 531 g/mol. The average Bonchev–Trinajstić information content (AvgIpc) is 3.52. The van der Waals surface area contributed by atoms with Gasteiger partial charge in [0.2, 0.25) is 10.0 Å². The molecule has 2 aromatic carbocycles. The molecular formula is C23H19Cl2N5O4S. The van der Waals surface area contributed by atoms with Crippen molar-refractivity contribution in [1.82, 2.24) is 19.3 Å². The third-order valence-corrected chi connectivity index (χ3v) is 8.21. The molecule has 1 fully saturated rings. The molecule has 3 heterocycles. The molecule has 0 aliphatic carbocycles. The Labute approximate surface area is 211 Å². The van der Waals surface area contributed by atoms with Gasteiger partial charge in [0.1, 0.15) is 11.9 Å². The van der Waals surface area contributed by atoms with Crippen LogP contribution in [0.15, 0.2) is 72.1 Å². The average molecular weight is 532 g/mol. The van der Waals surface area contributed by atoms with E-state index in [1.54, 1.807) is 64.6 Å². The van der Waals surface area contributed by atoms with Crippen LogP contribution in [0.25, 0.3) is 16.6 Å². The maximum atomic E-state index is 12.8. The van der Waals surface area contributed by atoms with E-state index in [0.717, 1.165) is 0 Å². The van der Waals surface area contributed by atoms with Gasteiger partial charge in [0.15, 0.2) is 0 Å². The van der Waals surface area contributed by atoms with Gasteiger partial charge in [-0.05, 0) is 30.7 Å². The van der Waals surface area contributed by atoms with Crippen LogP contribution in [-0.2, 0) is 14.8 Å². The summed E-state index contributed by atoms with van der Waals surface area (Å²) in [5.41, 5.74) is 1.08. The second kappa shape index (κ2) is 9.12. The van der Waals surface area contributed by atoms with E-state index in [-0.39, 0.29) is 22.9 Å². The molecule has 35 heavy (non-hydrogen) atoms. The molecule has 2 aromatic heterocycles. The summed E-state index contributed by atoms with van der Waals surface area (Å²) in [7, 11) is -3.83. The highest BCUT2D eigenvalue weighted by Gasteiger charge is 2.40. The summed E-state index contributed by atoms with van der Waals surface area (Å²) in [5, 5.41) is 11.2. The zero-order chi connectivity index (χ0) is 24.7. The fourth-order valence-corrected chi connectivity index (χ4v) is 5.88. The number of aromatic nitrogens is 3. The number of hydrogen-bond donors (Lipinski definition) is 2. The standard InChI is InChI=1S/C23H19Cl2N5O4S/c24-17-7-6-16-18(29-9-8-26-13-29)11-20(27-22(16)21(17)25)30-12-14(10-19(30)23(31)32)28-35(33,34)15-4-2-1-3-5-15/h1-9,11,13-14,19,28H,10,12H2,(H,31,32)/t14-,19+/m1/s1. The molecule has 0 radical (unpaired) electrons. The Bertz CT molecular complexity index is 1510. The maximum Gasteiger partial charge on any atom is 0.326 e. The van der Waals surface area contributed by atoms with Crippen molar-refractivity contribution in [3.05, 3.63) is 77.3 Å². The van der Waals surface area contributed by atoms with Crippen molar-refractivity contribution in [1.29, 1.82) is 0 Å². The topological polar surface area (TPSA) is 117 Å². The fraction of sp³-hybridized carbons (Fsp3) is 0.174. The number of sulfonamides is 1. The van der Waals surface area contributed by atoms with Crippen LogP contribution >= 0.6 is 23.2 Å². The van der Waals surface area contributed by atoms with Crippen LogP contribution in [0.1, 0.15) is 6.42 Å². The van der Waals surface area contributed by atoms with E-state index < -0.39 is 28.1 Å². The van der Waals surface area contributed by atoms with Gasteiger partial charge in [-0.15, -0.1) is 0 Å². The van der Waals surface area contributed by atoms with Gasteiger partial charge in [-0.2, -0.15) is 0 Å². The second-order valence-corrected chi connectivity index (χ2v) is 10.6. The third-order valence-electron chi connectivity index (χ3n) is 5.88. The van der Waals surface area contributed by atoms with E-state index in [1.165, 1.54) is 12.1 Å². The first-order valence-electron chi connectivity index (χ1n) is 10.6. The molecule has 1 aliphatic heterocycles. The molecule has 0 bridgehead atoms. The number of halogens is 2.